The summed E-state index contributed by atoms with van der Waals surface area (Å²) in [6.45, 7) is 1.60. The van der Waals surface area contributed by atoms with Crippen LogP contribution in [0.3, 0.4) is 0 Å². The lowest BCUT2D eigenvalue weighted by atomic mass is 9.92. The summed E-state index contributed by atoms with van der Waals surface area (Å²) in [6.07, 6.45) is -2.30. The first-order valence-electron chi connectivity index (χ1n) is 11.0. The second kappa shape index (κ2) is 10.7. The first kappa shape index (κ1) is 24.3. The van der Waals surface area contributed by atoms with Crippen molar-refractivity contribution in [2.75, 3.05) is 6.61 Å². The average Bonchev–Trinajstić information content (AvgIpc) is 3.11. The van der Waals surface area contributed by atoms with Gasteiger partial charge in [0.1, 0.15) is 17.7 Å². The fraction of sp³-hybridized carbons (Fsp3) is 0.360. The zero-order chi connectivity index (χ0) is 24.1. The van der Waals surface area contributed by atoms with E-state index in [0.717, 1.165) is 15.7 Å². The Kier molecular flexibility index (Phi) is 7.63. The molecule has 5 atom stereocenters. The summed E-state index contributed by atoms with van der Waals surface area (Å²) in [6, 6.07) is 20.1. The molecule has 1 fully saturated rings. The van der Waals surface area contributed by atoms with Gasteiger partial charge >= 0.3 is 5.69 Å². The number of hydrogen-bond acceptors (Lipinski definition) is 5. The minimum atomic E-state index is -1.59. The predicted octanol–water partition coefficient (Wildman–Crippen LogP) is 3.57. The molecule has 0 saturated carbocycles. The topological polar surface area (TPSA) is 82.5 Å². The molecule has 1 N–H and O–H groups in total. The van der Waals surface area contributed by atoms with E-state index in [0.29, 0.717) is 0 Å². The molecule has 1 aromatic heterocycles. The highest BCUT2D eigenvalue weighted by Gasteiger charge is 2.60. The molecule has 0 bridgehead atoms. The number of nitrogens with one attached hydrogen (secondary N) is 1. The molecule has 0 spiro atoms. The molecular weight excluding hydrogens is 463 g/mol. The summed E-state index contributed by atoms with van der Waals surface area (Å²) in [7, 11) is 0. The number of H-pyrrole nitrogens is 1. The standard InChI is InChI=1S/C25H26ClFN2O5/c1-17(27)25(16-32-14-18-8-4-2-5-9-18)22(33-15-19-10-6-3-7-11-19)21(26)23(34-25)29-13-12-20(30)28-24(29)31/h2-13,17,21-23H,14-16H2,1H3,(H,28,30,31)/t17-,21+,22+,23-,25+/m1/s1. The number of benzene rings is 2. The van der Waals surface area contributed by atoms with Crippen molar-refractivity contribution < 1.29 is 18.6 Å². The zero-order valence-corrected chi connectivity index (χ0v) is 19.4. The largest absolute Gasteiger partial charge is 0.374 e. The highest BCUT2D eigenvalue weighted by molar-refractivity contribution is 6.21. The Morgan fingerprint density at radius 2 is 1.68 bits per heavy atom. The molecule has 3 aromatic rings. The van der Waals surface area contributed by atoms with Crippen LogP contribution >= 0.6 is 11.6 Å². The maximum atomic E-state index is 15.3. The number of rotatable bonds is 9. The minimum absolute atomic E-state index is 0.156. The Hall–Kier alpha value is -2.78. The molecule has 1 aliphatic heterocycles. The third kappa shape index (κ3) is 5.15. The first-order chi connectivity index (χ1) is 16.4. The summed E-state index contributed by atoms with van der Waals surface area (Å²) in [5, 5.41) is -0.939. The minimum Gasteiger partial charge on any atom is -0.374 e. The van der Waals surface area contributed by atoms with E-state index in [-0.39, 0.29) is 19.8 Å². The van der Waals surface area contributed by atoms with Crippen molar-refractivity contribution in [3.63, 3.8) is 0 Å². The second-order valence-electron chi connectivity index (χ2n) is 8.24. The lowest BCUT2D eigenvalue weighted by Crippen LogP contribution is -2.53. The first-order valence-corrected chi connectivity index (χ1v) is 11.4. The number of ether oxygens (including phenoxy) is 3. The van der Waals surface area contributed by atoms with Gasteiger partial charge in [-0.05, 0) is 18.1 Å². The summed E-state index contributed by atoms with van der Waals surface area (Å²) < 4.78 is 34.6. The fourth-order valence-corrected chi connectivity index (χ4v) is 4.52. The van der Waals surface area contributed by atoms with Gasteiger partial charge in [-0.3, -0.25) is 14.3 Å². The maximum absolute atomic E-state index is 15.3. The average molecular weight is 489 g/mol. The van der Waals surface area contributed by atoms with Gasteiger partial charge in [-0.15, -0.1) is 11.6 Å². The van der Waals surface area contributed by atoms with Crippen LogP contribution in [-0.4, -0.2) is 39.4 Å². The molecule has 0 radical (unpaired) electrons. The van der Waals surface area contributed by atoms with Crippen LogP contribution in [0.2, 0.25) is 0 Å². The highest BCUT2D eigenvalue weighted by Crippen LogP contribution is 2.45. The van der Waals surface area contributed by atoms with E-state index in [9.17, 15) is 9.59 Å². The van der Waals surface area contributed by atoms with Crippen LogP contribution in [0.15, 0.2) is 82.5 Å². The van der Waals surface area contributed by atoms with Crippen molar-refractivity contribution in [1.82, 2.24) is 9.55 Å². The summed E-state index contributed by atoms with van der Waals surface area (Å²) in [5.41, 5.74) is -1.06. The number of hydrogen-bond donors (Lipinski definition) is 1. The van der Waals surface area contributed by atoms with Crippen LogP contribution in [-0.2, 0) is 27.4 Å². The molecule has 9 heteroatoms. The number of aromatic nitrogens is 2. The van der Waals surface area contributed by atoms with Gasteiger partial charge < -0.3 is 14.2 Å². The number of alkyl halides is 2. The van der Waals surface area contributed by atoms with Crippen molar-refractivity contribution in [3.8, 4) is 0 Å². The van der Waals surface area contributed by atoms with E-state index in [2.05, 4.69) is 4.98 Å². The zero-order valence-electron chi connectivity index (χ0n) is 18.6. The summed E-state index contributed by atoms with van der Waals surface area (Å²) in [5.74, 6) is 0. The van der Waals surface area contributed by atoms with E-state index in [1.807, 2.05) is 60.7 Å². The molecule has 0 aliphatic carbocycles. The van der Waals surface area contributed by atoms with Crippen molar-refractivity contribution in [2.45, 2.75) is 49.6 Å². The molecule has 0 unspecified atom stereocenters. The van der Waals surface area contributed by atoms with Gasteiger partial charge in [0.15, 0.2) is 11.8 Å². The Morgan fingerprint density at radius 3 is 2.26 bits per heavy atom. The molecule has 0 amide bonds. The third-order valence-electron chi connectivity index (χ3n) is 5.89. The molecule has 1 aliphatic rings. The quantitative estimate of drug-likeness (QED) is 0.466. The van der Waals surface area contributed by atoms with Crippen molar-refractivity contribution in [2.24, 2.45) is 0 Å². The van der Waals surface area contributed by atoms with Crippen LogP contribution in [0.4, 0.5) is 4.39 Å². The van der Waals surface area contributed by atoms with E-state index in [1.54, 1.807) is 0 Å². The molecule has 180 valence electrons. The van der Waals surface area contributed by atoms with Gasteiger partial charge in [-0.1, -0.05) is 60.7 Å². The fourth-order valence-electron chi connectivity index (χ4n) is 4.06. The predicted molar refractivity (Wildman–Crippen MR) is 126 cm³/mol. The van der Waals surface area contributed by atoms with Crippen molar-refractivity contribution >= 4 is 11.6 Å². The smallest absolute Gasteiger partial charge is 0.330 e. The van der Waals surface area contributed by atoms with Gasteiger partial charge in [0.2, 0.25) is 0 Å². The molecule has 2 heterocycles. The number of halogens is 2. The van der Waals surface area contributed by atoms with Crippen LogP contribution in [0, 0.1) is 0 Å². The summed E-state index contributed by atoms with van der Waals surface area (Å²) >= 11 is 6.76. The Bertz CT molecular complexity index is 1190. The van der Waals surface area contributed by atoms with Gasteiger partial charge in [-0.2, -0.15) is 0 Å². The van der Waals surface area contributed by atoms with Crippen LogP contribution < -0.4 is 11.2 Å². The molecular formula is C25H26ClFN2O5. The van der Waals surface area contributed by atoms with E-state index >= 15 is 4.39 Å². The van der Waals surface area contributed by atoms with E-state index < -0.39 is 40.7 Å². The lowest BCUT2D eigenvalue weighted by molar-refractivity contribution is -0.185. The maximum Gasteiger partial charge on any atom is 0.330 e. The van der Waals surface area contributed by atoms with Crippen molar-refractivity contribution in [3.05, 3.63) is 105 Å². The third-order valence-corrected chi connectivity index (χ3v) is 6.34. The normalized spacial score (nSPS) is 25.3. The van der Waals surface area contributed by atoms with Crippen LogP contribution in [0.1, 0.15) is 24.3 Å². The lowest BCUT2D eigenvalue weighted by Gasteiger charge is -2.35. The molecule has 1 saturated heterocycles. The van der Waals surface area contributed by atoms with E-state index in [1.165, 1.54) is 19.2 Å². The summed E-state index contributed by atoms with van der Waals surface area (Å²) in [4.78, 5) is 26.1. The van der Waals surface area contributed by atoms with Crippen LogP contribution in [0.25, 0.3) is 0 Å². The number of nitrogens with zero attached hydrogens (tertiary/aromatic N) is 1. The molecule has 34 heavy (non-hydrogen) atoms. The second-order valence-corrected chi connectivity index (χ2v) is 8.74. The van der Waals surface area contributed by atoms with Gasteiger partial charge in [0.05, 0.1) is 19.8 Å². The molecule has 4 rings (SSSR count). The Labute approximate surface area is 201 Å². The SMILES string of the molecule is C[C@@H](F)[C@]1(COCc2ccccc2)O[C@@H](n2ccc(=O)[nH]c2=O)[C@@H](Cl)[C@@H]1OCc1ccccc1. The van der Waals surface area contributed by atoms with Crippen LogP contribution in [0.5, 0.6) is 0 Å². The van der Waals surface area contributed by atoms with Gasteiger partial charge in [0.25, 0.3) is 5.56 Å². The molecule has 2 aromatic carbocycles. The van der Waals surface area contributed by atoms with Crippen molar-refractivity contribution in [1.29, 1.82) is 0 Å². The highest BCUT2D eigenvalue weighted by atomic mass is 35.5. The Balaban J connectivity index is 1.63. The number of aromatic amines is 1. The monoisotopic (exact) mass is 488 g/mol. The van der Waals surface area contributed by atoms with Gasteiger partial charge in [0, 0.05) is 12.3 Å². The Morgan fingerprint density at radius 1 is 1.06 bits per heavy atom. The van der Waals surface area contributed by atoms with E-state index in [4.69, 9.17) is 25.8 Å². The van der Waals surface area contributed by atoms with Gasteiger partial charge in [-0.25, -0.2) is 9.18 Å². The molecule has 7 nitrogen and oxygen atoms in total.